The summed E-state index contributed by atoms with van der Waals surface area (Å²) in [6, 6.07) is 9.61. The molecule has 0 radical (unpaired) electrons. The molecule has 0 bridgehead atoms. The molecule has 1 saturated carbocycles. The summed E-state index contributed by atoms with van der Waals surface area (Å²) in [4.78, 5) is 43.9. The number of rotatable bonds is 5. The maximum absolute atomic E-state index is 13.7. The van der Waals surface area contributed by atoms with Gasteiger partial charge in [-0.2, -0.15) is 13.2 Å². The molecule has 1 aliphatic carbocycles. The number of halogens is 6. The minimum Gasteiger partial charge on any atom is -0.410 e. The molecular formula is C30H31Cl2F4N3O4. The van der Waals surface area contributed by atoms with Crippen LogP contribution in [-0.2, 0) is 9.59 Å². The van der Waals surface area contributed by atoms with Gasteiger partial charge in [0.2, 0.25) is 11.8 Å². The first-order valence-electron chi connectivity index (χ1n) is 14.1. The van der Waals surface area contributed by atoms with E-state index in [4.69, 9.17) is 27.9 Å². The molecule has 7 nitrogen and oxygen atoms in total. The Morgan fingerprint density at radius 1 is 0.953 bits per heavy atom. The fourth-order valence-corrected chi connectivity index (χ4v) is 6.59. The van der Waals surface area contributed by atoms with Crippen molar-refractivity contribution >= 4 is 41.1 Å². The Bertz CT molecular complexity index is 1380. The number of alkyl halides is 3. The highest BCUT2D eigenvalue weighted by atomic mass is 35.5. The summed E-state index contributed by atoms with van der Waals surface area (Å²) in [6.45, 7) is 0.579. The average Bonchev–Trinajstić information content (AvgIpc) is 3.39. The number of likely N-dealkylation sites (N-methyl/N-ethyl adjacent to an activating group) is 1. The zero-order valence-electron chi connectivity index (χ0n) is 23.4. The van der Waals surface area contributed by atoms with Crippen molar-refractivity contribution in [3.05, 3.63) is 63.9 Å². The van der Waals surface area contributed by atoms with Gasteiger partial charge in [-0.05, 0) is 67.6 Å². The van der Waals surface area contributed by atoms with Crippen LogP contribution in [0.3, 0.4) is 0 Å². The lowest BCUT2D eigenvalue weighted by Crippen LogP contribution is -2.57. The van der Waals surface area contributed by atoms with E-state index >= 15 is 0 Å². The molecule has 0 spiro atoms. The van der Waals surface area contributed by atoms with Crippen molar-refractivity contribution in [3.63, 3.8) is 0 Å². The van der Waals surface area contributed by atoms with Gasteiger partial charge < -0.3 is 19.4 Å². The van der Waals surface area contributed by atoms with Crippen molar-refractivity contribution in [2.24, 2.45) is 11.3 Å². The van der Waals surface area contributed by atoms with Crippen LogP contribution in [0.15, 0.2) is 42.5 Å². The maximum atomic E-state index is 13.7. The van der Waals surface area contributed by atoms with Gasteiger partial charge in [-0.1, -0.05) is 35.7 Å². The first kappa shape index (κ1) is 31.4. The highest BCUT2D eigenvalue weighted by Gasteiger charge is 2.64. The molecule has 13 heteroatoms. The summed E-state index contributed by atoms with van der Waals surface area (Å²) in [7, 11) is 1.55. The van der Waals surface area contributed by atoms with Crippen LogP contribution in [0.4, 0.5) is 22.4 Å². The molecule has 3 amide bonds. The molecule has 2 aromatic rings. The van der Waals surface area contributed by atoms with Crippen LogP contribution >= 0.6 is 23.2 Å². The third kappa shape index (κ3) is 6.16. The number of likely N-dealkylation sites (tertiary alicyclic amines) is 2. The number of amides is 3. The molecule has 2 atom stereocenters. The standard InChI is InChI=1S/C30H31Cl2F4N3O4/c1-37(28(42)43-21-6-4-20(33)5-7-21)25-17-39(16-22(25)19-3-8-23(31)24(32)15-19)26(40)18-9-13-38(14-10-18)27(41)29(11-2-12-29)30(34,35)36/h3-8,15,18,22,25H,2,9-14,16-17H2,1H3/t22-,25+/m0/s1. The van der Waals surface area contributed by atoms with E-state index in [-0.39, 0.29) is 69.4 Å². The lowest BCUT2D eigenvalue weighted by molar-refractivity contribution is -0.249. The van der Waals surface area contributed by atoms with Gasteiger partial charge >= 0.3 is 12.3 Å². The van der Waals surface area contributed by atoms with Gasteiger partial charge in [0.25, 0.3) is 0 Å². The van der Waals surface area contributed by atoms with Gasteiger partial charge in [-0.3, -0.25) is 9.59 Å². The number of nitrogens with zero attached hydrogens (tertiary/aromatic N) is 3. The quantitative estimate of drug-likeness (QED) is 0.348. The second kappa shape index (κ2) is 12.1. The molecule has 0 N–H and O–H groups in total. The van der Waals surface area contributed by atoms with Crippen LogP contribution in [0, 0.1) is 17.2 Å². The Kier molecular flexibility index (Phi) is 8.87. The van der Waals surface area contributed by atoms with E-state index in [9.17, 15) is 31.9 Å². The third-order valence-corrected chi connectivity index (χ3v) is 9.81. The van der Waals surface area contributed by atoms with Crippen LogP contribution in [0.2, 0.25) is 10.0 Å². The van der Waals surface area contributed by atoms with Crippen LogP contribution in [-0.4, -0.2) is 78.1 Å². The van der Waals surface area contributed by atoms with Gasteiger partial charge in [0, 0.05) is 45.1 Å². The second-order valence-electron chi connectivity index (χ2n) is 11.5. The predicted octanol–water partition coefficient (Wildman–Crippen LogP) is 6.53. The van der Waals surface area contributed by atoms with E-state index < -0.39 is 41.4 Å². The maximum Gasteiger partial charge on any atom is 0.415 e. The van der Waals surface area contributed by atoms with Crippen LogP contribution in [0.5, 0.6) is 5.75 Å². The molecule has 2 aromatic carbocycles. The number of carbonyl (C=O) groups excluding carboxylic acids is 3. The number of hydrogen-bond acceptors (Lipinski definition) is 4. The molecule has 2 aliphatic heterocycles. The number of hydrogen-bond donors (Lipinski definition) is 0. The third-order valence-electron chi connectivity index (χ3n) is 9.07. The summed E-state index contributed by atoms with van der Waals surface area (Å²) >= 11 is 12.4. The molecule has 43 heavy (non-hydrogen) atoms. The van der Waals surface area contributed by atoms with Gasteiger partial charge in [0.15, 0.2) is 0 Å². The van der Waals surface area contributed by atoms with E-state index in [2.05, 4.69) is 0 Å². The fourth-order valence-electron chi connectivity index (χ4n) is 6.28. The Labute approximate surface area is 256 Å². The minimum absolute atomic E-state index is 0.0739. The van der Waals surface area contributed by atoms with Gasteiger partial charge in [-0.15, -0.1) is 0 Å². The topological polar surface area (TPSA) is 70.2 Å². The zero-order valence-corrected chi connectivity index (χ0v) is 24.9. The first-order valence-corrected chi connectivity index (χ1v) is 14.9. The molecule has 2 heterocycles. The van der Waals surface area contributed by atoms with E-state index in [1.807, 2.05) is 0 Å². The summed E-state index contributed by atoms with van der Waals surface area (Å²) in [5.41, 5.74) is -1.54. The largest absolute Gasteiger partial charge is 0.415 e. The fraction of sp³-hybridized carbons (Fsp3) is 0.500. The monoisotopic (exact) mass is 643 g/mol. The van der Waals surface area contributed by atoms with Crippen LogP contribution in [0.25, 0.3) is 0 Å². The summed E-state index contributed by atoms with van der Waals surface area (Å²) in [6.07, 6.45) is -4.82. The molecular weight excluding hydrogens is 613 g/mol. The van der Waals surface area contributed by atoms with E-state index in [0.717, 1.165) is 5.56 Å². The highest BCUT2D eigenvalue weighted by Crippen LogP contribution is 2.54. The number of ether oxygens (including phenoxy) is 1. The lowest BCUT2D eigenvalue weighted by Gasteiger charge is -2.45. The van der Waals surface area contributed by atoms with Crippen molar-refractivity contribution in [2.75, 3.05) is 33.2 Å². The van der Waals surface area contributed by atoms with Crippen molar-refractivity contribution < 1.29 is 36.7 Å². The molecule has 0 aromatic heterocycles. The SMILES string of the molecule is CN(C(=O)Oc1ccc(F)cc1)[C@@H]1CN(C(=O)C2CCN(C(=O)C3(C(F)(F)F)CCC3)CC2)C[C@H]1c1ccc(Cl)c(Cl)c1. The number of carbonyl (C=O) groups is 3. The number of piperidine rings is 1. The molecule has 232 valence electrons. The van der Waals surface area contributed by atoms with Crippen molar-refractivity contribution in [3.8, 4) is 5.75 Å². The molecule has 3 aliphatic rings. The van der Waals surface area contributed by atoms with E-state index in [0.29, 0.717) is 16.5 Å². The summed E-state index contributed by atoms with van der Waals surface area (Å²) in [5.74, 6) is -2.22. The Morgan fingerprint density at radius 2 is 1.60 bits per heavy atom. The van der Waals surface area contributed by atoms with Crippen molar-refractivity contribution in [1.82, 2.24) is 14.7 Å². The predicted molar refractivity (Wildman–Crippen MR) is 151 cm³/mol. The summed E-state index contributed by atoms with van der Waals surface area (Å²) < 4.78 is 59.9. The van der Waals surface area contributed by atoms with Gasteiger partial charge in [0.1, 0.15) is 17.0 Å². The number of benzene rings is 2. The molecule has 5 rings (SSSR count). The summed E-state index contributed by atoms with van der Waals surface area (Å²) in [5, 5.41) is 0.673. The zero-order chi connectivity index (χ0) is 31.1. The van der Waals surface area contributed by atoms with Crippen LogP contribution < -0.4 is 4.74 Å². The second-order valence-corrected chi connectivity index (χ2v) is 12.3. The minimum atomic E-state index is -4.59. The average molecular weight is 644 g/mol. The van der Waals surface area contributed by atoms with Crippen molar-refractivity contribution in [2.45, 2.75) is 50.2 Å². The Balaban J connectivity index is 1.28. The Morgan fingerprint density at radius 3 is 2.16 bits per heavy atom. The molecule has 3 fully saturated rings. The molecule has 2 saturated heterocycles. The first-order chi connectivity index (χ1) is 20.3. The highest BCUT2D eigenvalue weighted by molar-refractivity contribution is 6.42. The van der Waals surface area contributed by atoms with Crippen LogP contribution in [0.1, 0.15) is 43.6 Å². The van der Waals surface area contributed by atoms with E-state index in [1.165, 1.54) is 34.1 Å². The van der Waals surface area contributed by atoms with Crippen molar-refractivity contribution in [1.29, 1.82) is 0 Å². The Hall–Kier alpha value is -3.05. The normalized spacial score (nSPS) is 22.2. The molecule has 0 unspecified atom stereocenters. The van der Waals surface area contributed by atoms with Gasteiger partial charge in [0.05, 0.1) is 16.1 Å². The lowest BCUT2D eigenvalue weighted by atomic mass is 9.67. The van der Waals surface area contributed by atoms with Gasteiger partial charge in [-0.25, -0.2) is 9.18 Å². The van der Waals surface area contributed by atoms with E-state index in [1.54, 1.807) is 30.1 Å². The smallest absolute Gasteiger partial charge is 0.410 e.